The molecule has 0 spiro atoms. The highest BCUT2D eigenvalue weighted by molar-refractivity contribution is 6.01. The minimum atomic E-state index is -1.99. The monoisotopic (exact) mass is 1020 g/mol. The number of anilines is 3. The van der Waals surface area contributed by atoms with Crippen molar-refractivity contribution in [1.29, 1.82) is 0 Å². The summed E-state index contributed by atoms with van der Waals surface area (Å²) in [6, 6.07) is 9.21. The molecule has 21 heteroatoms. The van der Waals surface area contributed by atoms with Crippen molar-refractivity contribution in [2.45, 2.75) is 0 Å². The Balaban J connectivity index is 1.58. The number of nitrogens with one attached hydrogen (secondary N) is 2. The Labute approximate surface area is 406 Å². The Morgan fingerprint density at radius 2 is 0.644 bits per heavy atom. The second-order valence-electron chi connectivity index (χ2n) is 17.2. The zero-order chi connectivity index (χ0) is 52.8. The number of rotatable bonds is 9. The van der Waals surface area contributed by atoms with E-state index in [0.29, 0.717) is 0 Å². The van der Waals surface area contributed by atoms with Gasteiger partial charge in [0.2, 0.25) is 0 Å². The predicted octanol–water partition coefficient (Wildman–Crippen LogP) is 13.2. The van der Waals surface area contributed by atoms with E-state index in [1.165, 1.54) is 50.6 Å². The number of methoxy groups -OCH3 is 2. The molecule has 0 fully saturated rings. The number of halogens is 12. The number of ether oxygens (including phenoxy) is 2. The lowest BCUT2D eigenvalue weighted by Gasteiger charge is -2.18. The molecule has 2 N–H and O–H groups in total. The maximum Gasteiger partial charge on any atom is 0.185 e. The Hall–Kier alpha value is -8.36. The van der Waals surface area contributed by atoms with E-state index in [9.17, 15) is 0 Å². The minimum absolute atomic E-state index is 0.00562. The second-order valence-corrected chi connectivity index (χ2v) is 17.2. The first kappa shape index (κ1) is 49.6. The minimum Gasteiger partial charge on any atom is -0.497 e. The molecule has 0 saturated heterocycles. The Kier molecular flexibility index (Phi) is 12.5. The summed E-state index contributed by atoms with van der Waals surface area (Å²) in [5, 5.41) is 0. The summed E-state index contributed by atoms with van der Waals surface area (Å²) in [6.45, 7) is 0. The van der Waals surface area contributed by atoms with Crippen molar-refractivity contribution in [2.24, 2.45) is 0 Å². The van der Waals surface area contributed by atoms with Gasteiger partial charge < -0.3 is 34.1 Å². The van der Waals surface area contributed by atoms with Gasteiger partial charge in [0.15, 0.2) is 69.8 Å². The van der Waals surface area contributed by atoms with Crippen molar-refractivity contribution in [2.75, 3.05) is 71.2 Å². The lowest BCUT2D eigenvalue weighted by atomic mass is 10.0. The van der Waals surface area contributed by atoms with Gasteiger partial charge in [-0.2, -0.15) is 0 Å². The molecule has 376 valence electrons. The Bertz CT molecular complexity index is 3590. The van der Waals surface area contributed by atoms with Gasteiger partial charge in [0.05, 0.1) is 53.7 Å². The first-order chi connectivity index (χ1) is 34.6. The number of hydrogen-bond acceptors (Lipinski definition) is 7. The molecule has 73 heavy (non-hydrogen) atoms. The first-order valence-electron chi connectivity index (χ1n) is 21.6. The predicted molar refractivity (Wildman–Crippen MR) is 256 cm³/mol. The molecule has 4 aromatic carbocycles. The molecule has 0 amide bonds. The highest BCUT2D eigenvalue weighted by Crippen LogP contribution is 2.46. The van der Waals surface area contributed by atoms with E-state index in [1.54, 1.807) is 6.07 Å². The SMILES string of the molecule is COc1ccc(OC)c(-c2c3nc(c(-c4c(F)c(F)c(N(C)C)c(F)c4F)c4ccc([nH]4)c(-c4c(F)c(F)c(N(C)C)c(F)c4F)c4nc(c(-c5c(F)c(F)c(N(C)C)c(F)c5F)c5ccc2[nH]5)C=C4)C=C3)c1. The largest absolute Gasteiger partial charge is 0.497 e. The Morgan fingerprint density at radius 1 is 0.356 bits per heavy atom. The second kappa shape index (κ2) is 18.4. The third-order valence-electron chi connectivity index (χ3n) is 12.2. The van der Waals surface area contributed by atoms with Crippen molar-refractivity contribution in [3.05, 3.63) is 135 Å². The lowest BCUT2D eigenvalue weighted by Crippen LogP contribution is -2.16. The molecule has 9 nitrogen and oxygen atoms in total. The maximum atomic E-state index is 16.6. The lowest BCUT2D eigenvalue weighted by molar-refractivity contribution is 0.404. The van der Waals surface area contributed by atoms with Crippen LogP contribution in [0.15, 0.2) is 42.5 Å². The van der Waals surface area contributed by atoms with E-state index in [0.717, 1.165) is 81.3 Å². The fourth-order valence-electron chi connectivity index (χ4n) is 8.98. The van der Waals surface area contributed by atoms with E-state index in [2.05, 4.69) is 15.0 Å². The van der Waals surface area contributed by atoms with Gasteiger partial charge in [-0.3, -0.25) is 0 Å². The molecule has 0 aliphatic carbocycles. The van der Waals surface area contributed by atoms with Crippen LogP contribution in [0.4, 0.5) is 69.7 Å². The van der Waals surface area contributed by atoms with E-state index >= 15 is 52.7 Å². The van der Waals surface area contributed by atoms with Crippen molar-refractivity contribution < 1.29 is 62.2 Å². The Morgan fingerprint density at radius 3 is 0.918 bits per heavy atom. The molecule has 9 rings (SSSR count). The van der Waals surface area contributed by atoms with Gasteiger partial charge in [0.25, 0.3) is 0 Å². The van der Waals surface area contributed by atoms with Crippen molar-refractivity contribution >= 4 is 63.4 Å². The summed E-state index contributed by atoms with van der Waals surface area (Å²) < 4.78 is 207. The van der Waals surface area contributed by atoms with Gasteiger partial charge in [-0.05, 0) is 66.8 Å². The fourth-order valence-corrected chi connectivity index (χ4v) is 8.98. The molecule has 2 aliphatic heterocycles. The third-order valence-corrected chi connectivity index (χ3v) is 12.2. The fraction of sp³-hybridized carbons (Fsp3) is 0.154. The normalized spacial score (nSPS) is 12.0. The third kappa shape index (κ3) is 7.75. The van der Waals surface area contributed by atoms with Crippen LogP contribution in [0.25, 0.3) is 90.9 Å². The number of benzene rings is 4. The number of aromatic nitrogens is 4. The maximum absolute atomic E-state index is 16.6. The molecule has 0 radical (unpaired) electrons. The van der Waals surface area contributed by atoms with Crippen LogP contribution in [-0.2, 0) is 0 Å². The van der Waals surface area contributed by atoms with E-state index < -0.39 is 148 Å². The topological polar surface area (TPSA) is 85.5 Å². The van der Waals surface area contributed by atoms with E-state index in [4.69, 9.17) is 14.5 Å². The van der Waals surface area contributed by atoms with Crippen LogP contribution in [0.5, 0.6) is 11.5 Å². The van der Waals surface area contributed by atoms with Crippen LogP contribution in [-0.4, -0.2) is 76.4 Å². The summed E-state index contributed by atoms with van der Waals surface area (Å²) >= 11 is 0. The summed E-state index contributed by atoms with van der Waals surface area (Å²) in [5.41, 5.74) is -12.3. The van der Waals surface area contributed by atoms with Gasteiger partial charge in [-0.1, -0.05) is 0 Å². The van der Waals surface area contributed by atoms with Crippen molar-refractivity contribution in [3.8, 4) is 56.0 Å². The highest BCUT2D eigenvalue weighted by atomic mass is 19.2. The zero-order valence-electron chi connectivity index (χ0n) is 39.4. The van der Waals surface area contributed by atoms with Gasteiger partial charge in [-0.15, -0.1) is 0 Å². The average molecular weight is 1020 g/mol. The number of H-pyrrole nitrogens is 2. The molecule has 0 saturated carbocycles. The van der Waals surface area contributed by atoms with Crippen LogP contribution >= 0.6 is 0 Å². The summed E-state index contributed by atoms with van der Waals surface area (Å²) in [5.74, 6) is -22.2. The first-order valence-corrected chi connectivity index (χ1v) is 21.6. The summed E-state index contributed by atoms with van der Waals surface area (Å²) in [6.07, 6.45) is 4.55. The molecule has 2 aliphatic rings. The standard InChI is InChI=1S/C52H37F12N7O2/c1-69(2)50-44(59)38(53)35(39(54)45(50)60)32-24-12-10-22(65-24)31(21-19-20(72-7)9-18-30(21)73-8)23-11-13-25(66-23)33(36-40(55)46(61)51(70(3)4)47(62)41(36)56)27-15-17-29(68-27)34(28-16-14-26(32)67-28)37-42(57)48(63)52(71(5)6)49(64)43(37)58/h9-19,65,68H,1-8H3. The molecule has 7 aromatic rings. The quantitative estimate of drug-likeness (QED) is 0.110. The molecular weight excluding hydrogens is 983 g/mol. The van der Waals surface area contributed by atoms with Gasteiger partial charge in [-0.25, -0.2) is 62.7 Å². The van der Waals surface area contributed by atoms with Crippen LogP contribution in [0.2, 0.25) is 0 Å². The number of aromatic amines is 2. The number of fused-ring (bicyclic) bond motifs is 8. The number of hydrogen-bond donors (Lipinski definition) is 2. The average Bonchev–Trinajstić information content (AvgIpc) is 4.21. The molecule has 0 atom stereocenters. The van der Waals surface area contributed by atoms with Crippen molar-refractivity contribution in [3.63, 3.8) is 0 Å². The van der Waals surface area contributed by atoms with Gasteiger partial charge in [0, 0.05) is 92.2 Å². The van der Waals surface area contributed by atoms with Crippen molar-refractivity contribution in [1.82, 2.24) is 19.9 Å². The molecule has 8 bridgehead atoms. The molecular formula is C52H37F12N7O2. The van der Waals surface area contributed by atoms with E-state index in [1.807, 2.05) is 0 Å². The van der Waals surface area contributed by atoms with Crippen LogP contribution < -0.4 is 24.2 Å². The molecule has 5 heterocycles. The number of nitrogens with zero attached hydrogens (tertiary/aromatic N) is 5. The van der Waals surface area contributed by atoms with Crippen LogP contribution in [0, 0.1) is 69.8 Å². The highest BCUT2D eigenvalue weighted by Gasteiger charge is 2.34. The van der Waals surface area contributed by atoms with Gasteiger partial charge in [0.1, 0.15) is 28.6 Å². The van der Waals surface area contributed by atoms with E-state index in [-0.39, 0.29) is 39.4 Å². The zero-order valence-corrected chi connectivity index (χ0v) is 39.4. The van der Waals surface area contributed by atoms with Gasteiger partial charge >= 0.3 is 0 Å². The molecule has 3 aromatic heterocycles. The summed E-state index contributed by atoms with van der Waals surface area (Å²) in [7, 11) is 9.43. The van der Waals surface area contributed by atoms with Crippen LogP contribution in [0.1, 0.15) is 22.8 Å². The smallest absolute Gasteiger partial charge is 0.185 e. The molecule has 0 unspecified atom stereocenters. The summed E-state index contributed by atoms with van der Waals surface area (Å²) in [4.78, 5) is 17.2. The van der Waals surface area contributed by atoms with Crippen LogP contribution in [0.3, 0.4) is 0 Å².